The van der Waals surface area contributed by atoms with Gasteiger partial charge < -0.3 is 15.2 Å². The molecule has 1 aliphatic heterocycles. The summed E-state index contributed by atoms with van der Waals surface area (Å²) in [6.45, 7) is 0.544. The smallest absolute Gasteiger partial charge is 0.341 e. The Hall–Kier alpha value is -1.55. The highest BCUT2D eigenvalue weighted by molar-refractivity contribution is 5.93. The standard InChI is InChI=1S/C11H13NO3/c1-14-11(13)8-4-2-3-7-9(12)5-6-15-10(7)8/h2-4,9H,5-6,12H2,1H3. The van der Waals surface area contributed by atoms with Gasteiger partial charge in [-0.1, -0.05) is 12.1 Å². The zero-order valence-electron chi connectivity index (χ0n) is 8.53. The first-order chi connectivity index (χ1) is 7.24. The lowest BCUT2D eigenvalue weighted by Crippen LogP contribution is -2.22. The largest absolute Gasteiger partial charge is 0.492 e. The van der Waals surface area contributed by atoms with Crippen molar-refractivity contribution in [2.24, 2.45) is 5.73 Å². The molecule has 0 spiro atoms. The van der Waals surface area contributed by atoms with Crippen LogP contribution in [0, 0.1) is 0 Å². The van der Waals surface area contributed by atoms with E-state index < -0.39 is 0 Å². The molecule has 0 saturated heterocycles. The van der Waals surface area contributed by atoms with E-state index in [0.717, 1.165) is 12.0 Å². The molecule has 1 aliphatic rings. The molecule has 0 saturated carbocycles. The first-order valence-corrected chi connectivity index (χ1v) is 4.83. The van der Waals surface area contributed by atoms with Gasteiger partial charge in [0.1, 0.15) is 11.3 Å². The molecule has 1 unspecified atom stereocenters. The maximum Gasteiger partial charge on any atom is 0.341 e. The van der Waals surface area contributed by atoms with Gasteiger partial charge in [-0.25, -0.2) is 4.79 Å². The fourth-order valence-corrected chi connectivity index (χ4v) is 1.72. The molecular weight excluding hydrogens is 194 g/mol. The van der Waals surface area contributed by atoms with Crippen molar-refractivity contribution in [1.82, 2.24) is 0 Å². The molecule has 0 aliphatic carbocycles. The van der Waals surface area contributed by atoms with Gasteiger partial charge in [-0.05, 0) is 6.07 Å². The summed E-state index contributed by atoms with van der Waals surface area (Å²) in [5.74, 6) is 0.184. The monoisotopic (exact) mass is 207 g/mol. The van der Waals surface area contributed by atoms with E-state index in [4.69, 9.17) is 10.5 Å². The number of carbonyl (C=O) groups excluding carboxylic acids is 1. The normalized spacial score (nSPS) is 18.9. The van der Waals surface area contributed by atoms with Crippen molar-refractivity contribution in [3.8, 4) is 5.75 Å². The lowest BCUT2D eigenvalue weighted by molar-refractivity contribution is 0.0594. The van der Waals surface area contributed by atoms with E-state index in [1.54, 1.807) is 12.1 Å². The number of nitrogens with two attached hydrogens (primary N) is 1. The number of methoxy groups -OCH3 is 1. The molecule has 1 heterocycles. The lowest BCUT2D eigenvalue weighted by atomic mass is 9.98. The molecule has 4 nitrogen and oxygen atoms in total. The molecule has 15 heavy (non-hydrogen) atoms. The molecule has 0 radical (unpaired) electrons. The van der Waals surface area contributed by atoms with Gasteiger partial charge in [0.15, 0.2) is 0 Å². The van der Waals surface area contributed by atoms with Crippen LogP contribution in [0.4, 0.5) is 0 Å². The van der Waals surface area contributed by atoms with E-state index >= 15 is 0 Å². The van der Waals surface area contributed by atoms with Crippen molar-refractivity contribution in [1.29, 1.82) is 0 Å². The highest BCUT2D eigenvalue weighted by Gasteiger charge is 2.23. The number of hydrogen-bond donors (Lipinski definition) is 1. The van der Waals surface area contributed by atoms with Gasteiger partial charge in [0.2, 0.25) is 0 Å². The Bertz CT molecular complexity index is 389. The molecule has 1 atom stereocenters. The zero-order chi connectivity index (χ0) is 10.8. The molecule has 0 bridgehead atoms. The van der Waals surface area contributed by atoms with E-state index in [1.165, 1.54) is 7.11 Å². The van der Waals surface area contributed by atoms with Crippen LogP contribution in [-0.2, 0) is 4.74 Å². The fraction of sp³-hybridized carbons (Fsp3) is 0.364. The molecule has 0 amide bonds. The van der Waals surface area contributed by atoms with Crippen LogP contribution < -0.4 is 10.5 Å². The van der Waals surface area contributed by atoms with Gasteiger partial charge in [0, 0.05) is 18.0 Å². The predicted molar refractivity (Wildman–Crippen MR) is 54.8 cm³/mol. The summed E-state index contributed by atoms with van der Waals surface area (Å²) in [5, 5.41) is 0. The summed E-state index contributed by atoms with van der Waals surface area (Å²) < 4.78 is 10.1. The van der Waals surface area contributed by atoms with Crippen molar-refractivity contribution in [2.45, 2.75) is 12.5 Å². The number of carbonyl (C=O) groups is 1. The van der Waals surface area contributed by atoms with Crippen LogP contribution in [0.2, 0.25) is 0 Å². The van der Waals surface area contributed by atoms with Gasteiger partial charge >= 0.3 is 5.97 Å². The number of rotatable bonds is 1. The van der Waals surface area contributed by atoms with Crippen LogP contribution in [0.1, 0.15) is 28.4 Å². The van der Waals surface area contributed by atoms with E-state index in [9.17, 15) is 4.79 Å². The van der Waals surface area contributed by atoms with Crippen molar-refractivity contribution in [3.63, 3.8) is 0 Å². The quantitative estimate of drug-likeness (QED) is 0.704. The number of ether oxygens (including phenoxy) is 2. The molecule has 2 N–H and O–H groups in total. The van der Waals surface area contributed by atoms with Crippen LogP contribution in [0.5, 0.6) is 5.75 Å². The molecule has 80 valence electrons. The second-order valence-corrected chi connectivity index (χ2v) is 3.46. The second kappa shape index (κ2) is 3.90. The van der Waals surface area contributed by atoms with E-state index in [1.807, 2.05) is 6.07 Å². The van der Waals surface area contributed by atoms with Crippen molar-refractivity contribution >= 4 is 5.97 Å². The average Bonchev–Trinajstić information content (AvgIpc) is 2.28. The third-order valence-electron chi connectivity index (χ3n) is 2.53. The summed E-state index contributed by atoms with van der Waals surface area (Å²) in [6, 6.07) is 5.30. The average molecular weight is 207 g/mol. The van der Waals surface area contributed by atoms with Crippen LogP contribution in [-0.4, -0.2) is 19.7 Å². The predicted octanol–water partition coefficient (Wildman–Crippen LogP) is 1.26. The summed E-state index contributed by atoms with van der Waals surface area (Å²) in [5.41, 5.74) is 7.25. The molecule has 0 fully saturated rings. The number of fused-ring (bicyclic) bond motifs is 1. The summed E-state index contributed by atoms with van der Waals surface area (Å²) in [6.07, 6.45) is 0.775. The van der Waals surface area contributed by atoms with E-state index in [-0.39, 0.29) is 12.0 Å². The summed E-state index contributed by atoms with van der Waals surface area (Å²) in [4.78, 5) is 11.4. The van der Waals surface area contributed by atoms with Crippen molar-refractivity contribution in [2.75, 3.05) is 13.7 Å². The number of para-hydroxylation sites is 1. The number of benzene rings is 1. The number of hydrogen-bond acceptors (Lipinski definition) is 4. The van der Waals surface area contributed by atoms with E-state index in [2.05, 4.69) is 4.74 Å². The minimum atomic E-state index is -0.388. The number of esters is 1. The third-order valence-corrected chi connectivity index (χ3v) is 2.53. The third kappa shape index (κ3) is 1.68. The fourth-order valence-electron chi connectivity index (χ4n) is 1.72. The molecule has 1 aromatic rings. The van der Waals surface area contributed by atoms with Crippen molar-refractivity contribution in [3.05, 3.63) is 29.3 Å². The SMILES string of the molecule is COC(=O)c1cccc2c1OCCC2N. The highest BCUT2D eigenvalue weighted by atomic mass is 16.5. The molecule has 4 heteroatoms. The lowest BCUT2D eigenvalue weighted by Gasteiger charge is -2.24. The first kappa shape index (κ1) is 9.98. The van der Waals surface area contributed by atoms with Crippen LogP contribution in [0.3, 0.4) is 0 Å². The maximum atomic E-state index is 11.4. The van der Waals surface area contributed by atoms with Crippen molar-refractivity contribution < 1.29 is 14.3 Å². The Labute approximate surface area is 88.0 Å². The molecule has 1 aromatic carbocycles. The van der Waals surface area contributed by atoms with E-state index in [0.29, 0.717) is 17.9 Å². The highest BCUT2D eigenvalue weighted by Crippen LogP contribution is 2.33. The zero-order valence-corrected chi connectivity index (χ0v) is 8.53. The van der Waals surface area contributed by atoms with Crippen LogP contribution in [0.15, 0.2) is 18.2 Å². The minimum Gasteiger partial charge on any atom is -0.492 e. The van der Waals surface area contributed by atoms with Gasteiger partial charge in [-0.2, -0.15) is 0 Å². The Kier molecular flexibility index (Phi) is 2.60. The Balaban J connectivity index is 2.49. The Morgan fingerprint density at radius 2 is 2.40 bits per heavy atom. The maximum absolute atomic E-state index is 11.4. The van der Waals surface area contributed by atoms with Gasteiger partial charge in [-0.15, -0.1) is 0 Å². The molecular formula is C11H13NO3. The topological polar surface area (TPSA) is 61.5 Å². The van der Waals surface area contributed by atoms with Gasteiger partial charge in [-0.3, -0.25) is 0 Å². The minimum absolute atomic E-state index is 0.0571. The Morgan fingerprint density at radius 3 is 3.13 bits per heavy atom. The van der Waals surface area contributed by atoms with Gasteiger partial charge in [0.05, 0.1) is 13.7 Å². The van der Waals surface area contributed by atoms with Crippen LogP contribution in [0.25, 0.3) is 0 Å². The second-order valence-electron chi connectivity index (χ2n) is 3.46. The van der Waals surface area contributed by atoms with Gasteiger partial charge in [0.25, 0.3) is 0 Å². The summed E-state index contributed by atoms with van der Waals surface area (Å²) >= 11 is 0. The van der Waals surface area contributed by atoms with Crippen LogP contribution >= 0.6 is 0 Å². The molecule has 2 rings (SSSR count). The summed E-state index contributed by atoms with van der Waals surface area (Å²) in [7, 11) is 1.35. The Morgan fingerprint density at radius 1 is 1.60 bits per heavy atom. The first-order valence-electron chi connectivity index (χ1n) is 4.83. The molecule has 0 aromatic heterocycles.